The van der Waals surface area contributed by atoms with Crippen molar-refractivity contribution in [3.05, 3.63) is 23.8 Å². The highest BCUT2D eigenvalue weighted by molar-refractivity contribution is 5.78. The predicted molar refractivity (Wildman–Crippen MR) is 62.3 cm³/mol. The lowest BCUT2D eigenvalue weighted by molar-refractivity contribution is -0.139. The van der Waals surface area contributed by atoms with Crippen molar-refractivity contribution in [2.75, 3.05) is 7.11 Å². The van der Waals surface area contributed by atoms with Gasteiger partial charge in [0.25, 0.3) is 0 Å². The Bertz CT molecular complexity index is 464. The Balaban J connectivity index is 2.40. The molecule has 1 aromatic rings. The molecular weight excluding hydrogens is 220 g/mol. The molecule has 0 amide bonds. The summed E-state index contributed by atoms with van der Waals surface area (Å²) in [6.07, 6.45) is 0. The van der Waals surface area contributed by atoms with Crippen LogP contribution in [0.2, 0.25) is 0 Å². The van der Waals surface area contributed by atoms with Crippen molar-refractivity contribution in [1.29, 1.82) is 0 Å². The summed E-state index contributed by atoms with van der Waals surface area (Å²) in [5, 5.41) is 18.5. The minimum Gasteiger partial charge on any atom is -0.508 e. The van der Waals surface area contributed by atoms with Crippen molar-refractivity contribution < 1.29 is 19.7 Å². The van der Waals surface area contributed by atoms with E-state index in [0.29, 0.717) is 5.75 Å². The van der Waals surface area contributed by atoms with Gasteiger partial charge in [0.15, 0.2) is 0 Å². The van der Waals surface area contributed by atoms with Gasteiger partial charge in [0.2, 0.25) is 0 Å². The van der Waals surface area contributed by atoms with Crippen molar-refractivity contribution in [2.24, 2.45) is 11.3 Å². The summed E-state index contributed by atoms with van der Waals surface area (Å²) in [6.45, 7) is 3.87. The van der Waals surface area contributed by atoms with Crippen LogP contribution in [0.4, 0.5) is 0 Å². The number of aliphatic carboxylic acids is 1. The van der Waals surface area contributed by atoms with Crippen LogP contribution in [0, 0.1) is 11.3 Å². The number of methoxy groups -OCH3 is 1. The molecule has 0 heterocycles. The number of aromatic hydroxyl groups is 1. The summed E-state index contributed by atoms with van der Waals surface area (Å²) in [5.74, 6) is -0.561. The first-order valence-electron chi connectivity index (χ1n) is 5.49. The van der Waals surface area contributed by atoms with Crippen molar-refractivity contribution in [3.8, 4) is 11.5 Å². The number of phenolic OH excluding ortho intramolecular Hbond substituents is 1. The predicted octanol–water partition coefficient (Wildman–Crippen LogP) is 2.22. The molecule has 0 bridgehead atoms. The summed E-state index contributed by atoms with van der Waals surface area (Å²) < 4.78 is 5.20. The zero-order valence-electron chi connectivity index (χ0n) is 10.1. The molecule has 17 heavy (non-hydrogen) atoms. The van der Waals surface area contributed by atoms with Gasteiger partial charge in [-0.1, -0.05) is 19.9 Å². The van der Waals surface area contributed by atoms with Crippen LogP contribution >= 0.6 is 0 Å². The molecule has 0 saturated heterocycles. The fourth-order valence-corrected chi connectivity index (χ4v) is 2.64. The Morgan fingerprint density at radius 2 is 2.06 bits per heavy atom. The van der Waals surface area contributed by atoms with E-state index in [9.17, 15) is 9.90 Å². The molecule has 0 aromatic heterocycles. The van der Waals surface area contributed by atoms with Gasteiger partial charge in [-0.25, -0.2) is 0 Å². The van der Waals surface area contributed by atoms with Crippen molar-refractivity contribution in [1.82, 2.24) is 0 Å². The second-order valence-corrected chi connectivity index (χ2v) is 5.04. The van der Waals surface area contributed by atoms with E-state index < -0.39 is 5.97 Å². The van der Waals surface area contributed by atoms with Gasteiger partial charge < -0.3 is 14.9 Å². The first-order valence-corrected chi connectivity index (χ1v) is 5.49. The Labute approximate surface area is 99.8 Å². The van der Waals surface area contributed by atoms with Crippen LogP contribution in [0.1, 0.15) is 25.3 Å². The van der Waals surface area contributed by atoms with Gasteiger partial charge in [-0.05, 0) is 17.0 Å². The molecular formula is C13H16O4. The first-order chi connectivity index (χ1) is 7.89. The Hall–Kier alpha value is -1.71. The van der Waals surface area contributed by atoms with Gasteiger partial charge >= 0.3 is 5.97 Å². The molecule has 1 aliphatic rings. The molecule has 2 unspecified atom stereocenters. The van der Waals surface area contributed by atoms with E-state index in [-0.39, 0.29) is 23.0 Å². The lowest BCUT2D eigenvalue weighted by Crippen LogP contribution is -2.03. The van der Waals surface area contributed by atoms with Crippen LogP contribution in [0.5, 0.6) is 11.5 Å². The number of carbonyl (C=O) groups is 1. The summed E-state index contributed by atoms with van der Waals surface area (Å²) in [7, 11) is 1.52. The van der Waals surface area contributed by atoms with Crippen molar-refractivity contribution in [2.45, 2.75) is 19.8 Å². The molecule has 0 aliphatic heterocycles. The molecule has 4 nitrogen and oxygen atoms in total. The molecule has 1 aromatic carbocycles. The maximum Gasteiger partial charge on any atom is 0.307 e. The number of carboxylic acid groups (broad SMARTS) is 1. The minimum absolute atomic E-state index is 0.0597. The van der Waals surface area contributed by atoms with E-state index in [1.54, 1.807) is 12.1 Å². The largest absolute Gasteiger partial charge is 0.508 e. The van der Waals surface area contributed by atoms with Gasteiger partial charge in [-0.2, -0.15) is 0 Å². The van der Waals surface area contributed by atoms with Crippen LogP contribution in [0.3, 0.4) is 0 Å². The second-order valence-electron chi connectivity index (χ2n) is 5.04. The first kappa shape index (κ1) is 11.8. The van der Waals surface area contributed by atoms with E-state index in [1.807, 2.05) is 13.8 Å². The maximum atomic E-state index is 11.1. The lowest BCUT2D eigenvalue weighted by atomic mass is 10.0. The van der Waals surface area contributed by atoms with Crippen molar-refractivity contribution >= 4 is 5.97 Å². The molecule has 2 rings (SSSR count). The number of benzene rings is 1. The zero-order chi connectivity index (χ0) is 12.8. The normalized spacial score (nSPS) is 25.4. The van der Waals surface area contributed by atoms with Gasteiger partial charge in [0.1, 0.15) is 11.5 Å². The van der Waals surface area contributed by atoms with Gasteiger partial charge in [0, 0.05) is 12.0 Å². The molecule has 92 valence electrons. The third kappa shape index (κ3) is 1.73. The number of hydrogen-bond donors (Lipinski definition) is 2. The highest BCUT2D eigenvalue weighted by Crippen LogP contribution is 2.65. The molecule has 4 heteroatoms. The van der Waals surface area contributed by atoms with Crippen LogP contribution in [0.15, 0.2) is 18.2 Å². The molecule has 0 radical (unpaired) electrons. The average Bonchev–Trinajstić information content (AvgIpc) is 2.81. The fourth-order valence-electron chi connectivity index (χ4n) is 2.64. The monoisotopic (exact) mass is 236 g/mol. The third-order valence-electron chi connectivity index (χ3n) is 3.65. The summed E-state index contributed by atoms with van der Waals surface area (Å²) >= 11 is 0. The number of rotatable bonds is 3. The topological polar surface area (TPSA) is 66.8 Å². The molecule has 1 saturated carbocycles. The lowest BCUT2D eigenvalue weighted by Gasteiger charge is -2.09. The number of hydrogen-bond acceptors (Lipinski definition) is 3. The molecule has 1 aliphatic carbocycles. The smallest absolute Gasteiger partial charge is 0.307 e. The van der Waals surface area contributed by atoms with E-state index in [4.69, 9.17) is 9.84 Å². The van der Waals surface area contributed by atoms with E-state index in [1.165, 1.54) is 13.2 Å². The standard InChI is InChI=1S/C13H16O4/c1-13(2)10(11(13)12(15)16)8-5-4-7(14)6-9(8)17-3/h4-6,10-11,14H,1-3H3,(H,15,16). The maximum absolute atomic E-state index is 11.1. The van der Waals surface area contributed by atoms with Gasteiger partial charge in [0.05, 0.1) is 13.0 Å². The summed E-state index contributed by atoms with van der Waals surface area (Å²) in [4.78, 5) is 11.1. The van der Waals surface area contributed by atoms with E-state index in [2.05, 4.69) is 0 Å². The Morgan fingerprint density at radius 1 is 1.41 bits per heavy atom. The highest BCUT2D eigenvalue weighted by atomic mass is 16.5. The molecule has 1 fully saturated rings. The highest BCUT2D eigenvalue weighted by Gasteiger charge is 2.63. The second kappa shape index (κ2) is 3.65. The van der Waals surface area contributed by atoms with Gasteiger partial charge in [-0.3, -0.25) is 4.79 Å². The minimum atomic E-state index is -0.782. The van der Waals surface area contributed by atoms with E-state index >= 15 is 0 Å². The number of ether oxygens (including phenoxy) is 1. The third-order valence-corrected chi connectivity index (χ3v) is 3.65. The molecule has 2 atom stereocenters. The van der Waals surface area contributed by atoms with Crippen LogP contribution in [0.25, 0.3) is 0 Å². The molecule has 0 spiro atoms. The quantitative estimate of drug-likeness (QED) is 0.844. The SMILES string of the molecule is COc1cc(O)ccc1C1C(C(=O)O)C1(C)C. The Morgan fingerprint density at radius 3 is 2.53 bits per heavy atom. The number of phenols is 1. The summed E-state index contributed by atoms with van der Waals surface area (Å²) in [5.41, 5.74) is 0.582. The zero-order valence-corrected chi connectivity index (χ0v) is 10.1. The fraction of sp³-hybridized carbons (Fsp3) is 0.462. The number of carboxylic acids is 1. The van der Waals surface area contributed by atoms with Crippen LogP contribution in [-0.4, -0.2) is 23.3 Å². The van der Waals surface area contributed by atoms with Gasteiger partial charge in [-0.15, -0.1) is 0 Å². The van der Waals surface area contributed by atoms with Crippen LogP contribution < -0.4 is 4.74 Å². The van der Waals surface area contributed by atoms with Crippen molar-refractivity contribution in [3.63, 3.8) is 0 Å². The summed E-state index contributed by atoms with van der Waals surface area (Å²) in [6, 6.07) is 4.82. The Kier molecular flexibility index (Phi) is 2.53. The van der Waals surface area contributed by atoms with E-state index in [0.717, 1.165) is 5.56 Å². The average molecular weight is 236 g/mol. The molecule has 2 N–H and O–H groups in total. The van der Waals surface area contributed by atoms with Crippen LogP contribution in [-0.2, 0) is 4.79 Å².